The molecule has 6 N–H and O–H groups in total. The molecule has 0 bridgehead atoms. The zero-order chi connectivity index (χ0) is 30.0. The van der Waals surface area contributed by atoms with Gasteiger partial charge in [0.1, 0.15) is 5.75 Å². The van der Waals surface area contributed by atoms with Gasteiger partial charge in [-0.15, -0.1) is 0 Å². The second-order valence-corrected chi connectivity index (χ2v) is 8.92. The number of benzene rings is 2. The van der Waals surface area contributed by atoms with E-state index >= 15 is 0 Å². The Kier molecular flexibility index (Phi) is 17.3. The first-order chi connectivity index (χ1) is 18.4. The number of aryl methyl sites for hydroxylation is 1. The van der Waals surface area contributed by atoms with Gasteiger partial charge in [-0.1, -0.05) is 58.6 Å². The van der Waals surface area contributed by atoms with Crippen LogP contribution in [0.2, 0.25) is 0 Å². The molecule has 0 fully saturated rings. The second-order valence-electron chi connectivity index (χ2n) is 8.21. The van der Waals surface area contributed by atoms with Gasteiger partial charge in [-0.2, -0.15) is 13.2 Å². The van der Waals surface area contributed by atoms with Gasteiger partial charge >= 0.3 is 6.18 Å². The van der Waals surface area contributed by atoms with Gasteiger partial charge in [-0.05, 0) is 60.7 Å². The smallest absolute Gasteiger partial charge is 0.388 e. The molecule has 6 nitrogen and oxygen atoms in total. The number of rotatable bonds is 9. The number of methoxy groups -OCH3 is 1. The molecule has 1 amide bonds. The van der Waals surface area contributed by atoms with Crippen molar-refractivity contribution in [3.8, 4) is 17.6 Å². The average Bonchev–Trinajstić information content (AvgIpc) is 2.91. The summed E-state index contributed by atoms with van der Waals surface area (Å²) >= 11 is 1.18. The summed E-state index contributed by atoms with van der Waals surface area (Å²) in [6, 6.07) is 11.7. The van der Waals surface area contributed by atoms with Gasteiger partial charge in [0, 0.05) is 28.1 Å². The average molecular weight is 567 g/mol. The lowest BCUT2D eigenvalue weighted by Crippen LogP contribution is -2.22. The number of carbonyl (C=O) groups excluding carboxylic acids is 1. The molecule has 2 rings (SSSR count). The Labute approximate surface area is 235 Å². The van der Waals surface area contributed by atoms with Gasteiger partial charge in [-0.3, -0.25) is 9.93 Å². The summed E-state index contributed by atoms with van der Waals surface area (Å²) < 4.78 is 37.8. The van der Waals surface area contributed by atoms with Crippen LogP contribution in [0.3, 0.4) is 0 Å². The zero-order valence-electron chi connectivity index (χ0n) is 23.8. The number of allylic oxidation sites excluding steroid dienone is 1. The molecular weight excluding hydrogens is 525 g/mol. The van der Waals surface area contributed by atoms with E-state index in [2.05, 4.69) is 42.4 Å². The van der Waals surface area contributed by atoms with Gasteiger partial charge < -0.3 is 21.1 Å². The highest BCUT2D eigenvalue weighted by Crippen LogP contribution is 2.28. The van der Waals surface area contributed by atoms with Crippen LogP contribution in [0.15, 0.2) is 46.9 Å². The van der Waals surface area contributed by atoms with Crippen LogP contribution in [-0.4, -0.2) is 32.3 Å². The SMILES string of the molecule is CC.CCC(F)(F)F.COc1cc(SN)ccc1NCC#C/C(=C/c1c(C)cccc1NCC(N)=O)C(C)C. The summed E-state index contributed by atoms with van der Waals surface area (Å²) in [6.45, 7) is 11.9. The van der Waals surface area contributed by atoms with Crippen LogP contribution in [0.4, 0.5) is 24.5 Å². The van der Waals surface area contributed by atoms with Gasteiger partial charge in [0.25, 0.3) is 0 Å². The van der Waals surface area contributed by atoms with Crippen LogP contribution in [0, 0.1) is 24.7 Å². The first-order valence-electron chi connectivity index (χ1n) is 12.6. The first kappa shape index (κ1) is 35.7. The highest BCUT2D eigenvalue weighted by Gasteiger charge is 2.22. The maximum Gasteiger partial charge on any atom is 0.388 e. The number of ether oxygens (including phenoxy) is 1. The monoisotopic (exact) mass is 566 g/mol. The summed E-state index contributed by atoms with van der Waals surface area (Å²) in [5, 5.41) is 12.0. The van der Waals surface area contributed by atoms with E-state index in [0.29, 0.717) is 6.54 Å². The van der Waals surface area contributed by atoms with Gasteiger partial charge in [0.2, 0.25) is 5.91 Å². The minimum atomic E-state index is -3.96. The molecule has 0 unspecified atom stereocenters. The molecule has 0 aliphatic heterocycles. The quantitative estimate of drug-likeness (QED) is 0.192. The molecule has 216 valence electrons. The lowest BCUT2D eigenvalue weighted by Gasteiger charge is -2.13. The van der Waals surface area contributed by atoms with Crippen LogP contribution < -0.4 is 26.2 Å². The Morgan fingerprint density at radius 3 is 2.31 bits per heavy atom. The van der Waals surface area contributed by atoms with Gasteiger partial charge in [-0.25, -0.2) is 0 Å². The van der Waals surface area contributed by atoms with Crippen LogP contribution in [0.25, 0.3) is 6.08 Å². The molecule has 0 aliphatic carbocycles. The van der Waals surface area contributed by atoms with Crippen molar-refractivity contribution in [2.24, 2.45) is 16.8 Å². The Hall–Kier alpha value is -3.29. The molecule has 39 heavy (non-hydrogen) atoms. The van der Waals surface area contributed by atoms with Crippen molar-refractivity contribution in [3.05, 3.63) is 53.1 Å². The fourth-order valence-electron chi connectivity index (χ4n) is 2.89. The number of alkyl halides is 3. The van der Waals surface area contributed by atoms with E-state index in [1.807, 2.05) is 57.2 Å². The number of nitrogens with two attached hydrogens (primary N) is 2. The predicted octanol–water partition coefficient (Wildman–Crippen LogP) is 7.01. The molecule has 0 spiro atoms. The summed E-state index contributed by atoms with van der Waals surface area (Å²) in [4.78, 5) is 12.1. The lowest BCUT2D eigenvalue weighted by molar-refractivity contribution is -0.130. The number of halogens is 3. The van der Waals surface area contributed by atoms with Crippen LogP contribution in [0.1, 0.15) is 52.2 Å². The maximum absolute atomic E-state index is 11.2. The lowest BCUT2D eigenvalue weighted by atomic mass is 9.97. The van der Waals surface area contributed by atoms with Crippen molar-refractivity contribution < 1.29 is 22.7 Å². The van der Waals surface area contributed by atoms with Gasteiger partial charge in [0.15, 0.2) is 0 Å². The standard InChI is InChI=1S/C24H30N4O2S.C3H5F3.C2H6/c1-16(2)18(13-20-17(3)7-5-9-21(20)28-15-24(25)29)8-6-12-27-22-11-10-19(31-26)14-23(22)30-4;1-2-3(4,5)6;1-2/h5,7,9-11,13-14,16,27-28H,12,15,26H2,1-4H3,(H2,25,29);2H2,1H3;1-2H3/b18-13-;;. The molecular formula is C29H41F3N4O2S. The molecule has 0 aromatic heterocycles. The number of hydrogen-bond acceptors (Lipinski definition) is 6. The largest absolute Gasteiger partial charge is 0.495 e. The second kappa shape index (κ2) is 18.9. The van der Waals surface area contributed by atoms with E-state index in [1.54, 1.807) is 7.11 Å². The minimum absolute atomic E-state index is 0.0835. The molecule has 0 aliphatic rings. The minimum Gasteiger partial charge on any atom is -0.495 e. The highest BCUT2D eigenvalue weighted by molar-refractivity contribution is 7.97. The maximum atomic E-state index is 11.2. The third-order valence-electron chi connectivity index (χ3n) is 5.01. The van der Waals surface area contributed by atoms with Crippen molar-refractivity contribution in [1.29, 1.82) is 0 Å². The summed E-state index contributed by atoms with van der Waals surface area (Å²) in [5.41, 5.74) is 10.1. The first-order valence-corrected chi connectivity index (χ1v) is 13.5. The molecule has 10 heteroatoms. The van der Waals surface area contributed by atoms with Crippen molar-refractivity contribution in [3.63, 3.8) is 0 Å². The zero-order valence-corrected chi connectivity index (χ0v) is 24.6. The van der Waals surface area contributed by atoms with Crippen molar-refractivity contribution >= 4 is 35.3 Å². The number of primary amides is 1. The van der Waals surface area contributed by atoms with E-state index in [-0.39, 0.29) is 12.5 Å². The fourth-order valence-corrected chi connectivity index (χ4v) is 3.21. The highest BCUT2D eigenvalue weighted by atomic mass is 32.2. The Morgan fingerprint density at radius 2 is 1.79 bits per heavy atom. The number of nitrogens with one attached hydrogen (secondary N) is 2. The van der Waals surface area contributed by atoms with E-state index in [4.69, 9.17) is 15.6 Å². The molecule has 2 aromatic rings. The van der Waals surface area contributed by atoms with Crippen molar-refractivity contribution in [2.75, 3.05) is 30.8 Å². The van der Waals surface area contributed by atoms with Crippen LogP contribution in [0.5, 0.6) is 5.75 Å². The van der Waals surface area contributed by atoms with E-state index in [9.17, 15) is 18.0 Å². The molecule has 0 saturated carbocycles. The topological polar surface area (TPSA) is 102 Å². The Bertz CT molecular complexity index is 1120. The van der Waals surface area contributed by atoms with E-state index in [0.717, 1.165) is 45.6 Å². The third kappa shape index (κ3) is 14.4. The molecule has 0 radical (unpaired) electrons. The molecule has 0 atom stereocenters. The van der Waals surface area contributed by atoms with Crippen molar-refractivity contribution in [2.45, 2.75) is 59.0 Å². The van der Waals surface area contributed by atoms with Crippen molar-refractivity contribution in [1.82, 2.24) is 0 Å². The number of carbonyl (C=O) groups is 1. The normalized spacial score (nSPS) is 10.7. The summed E-state index contributed by atoms with van der Waals surface area (Å²) in [6.07, 6.45) is -2.61. The number of anilines is 2. The molecule has 2 aromatic carbocycles. The van der Waals surface area contributed by atoms with Crippen LogP contribution >= 0.6 is 11.9 Å². The van der Waals surface area contributed by atoms with E-state index in [1.165, 1.54) is 11.9 Å². The Balaban J connectivity index is 0.00000159. The fraction of sp³-hybridized carbons (Fsp3) is 0.414. The third-order valence-corrected chi connectivity index (χ3v) is 5.54. The molecule has 0 saturated heterocycles. The number of amides is 1. The van der Waals surface area contributed by atoms with Gasteiger partial charge in [0.05, 0.1) is 25.9 Å². The summed E-state index contributed by atoms with van der Waals surface area (Å²) in [7, 11) is 1.63. The Morgan fingerprint density at radius 1 is 1.15 bits per heavy atom. The summed E-state index contributed by atoms with van der Waals surface area (Å²) in [5.74, 6) is 7.04. The predicted molar refractivity (Wildman–Crippen MR) is 159 cm³/mol. The van der Waals surface area contributed by atoms with Crippen LogP contribution in [-0.2, 0) is 4.79 Å². The van der Waals surface area contributed by atoms with E-state index < -0.39 is 18.5 Å². The molecule has 0 heterocycles. The number of hydrogen-bond donors (Lipinski definition) is 4.